The van der Waals surface area contributed by atoms with Gasteiger partial charge in [-0.1, -0.05) is 357 Å². The maximum atomic E-state index is 5.69. The normalized spacial score (nSPS) is 12.0. The van der Waals surface area contributed by atoms with Crippen molar-refractivity contribution in [3.63, 3.8) is 0 Å². The first-order chi connectivity index (χ1) is 46.6. The lowest BCUT2D eigenvalue weighted by molar-refractivity contribution is 0.745. The Morgan fingerprint density at radius 3 is 1.15 bits per heavy atom. The van der Waals surface area contributed by atoms with Crippen molar-refractivity contribution in [2.45, 2.75) is 5.41 Å². The predicted octanol–water partition coefficient (Wildman–Crippen LogP) is 16.9. The fraction of sp³-hybridized carbons (Fsp3) is 0.0114. The maximum absolute atomic E-state index is 5.69. The number of rotatable bonds is 15. The summed E-state index contributed by atoms with van der Waals surface area (Å²) in [4.78, 5) is 19.5. The van der Waals surface area contributed by atoms with Gasteiger partial charge < -0.3 is 4.81 Å². The summed E-state index contributed by atoms with van der Waals surface area (Å²) in [5, 5.41) is 5.04. The average Bonchev–Trinajstić information content (AvgIpc) is 0.748. The van der Waals surface area contributed by atoms with Gasteiger partial charge in [-0.3, -0.25) is 0 Å². The van der Waals surface area contributed by atoms with Gasteiger partial charge in [0.2, 0.25) is 0 Å². The molecule has 14 aromatic carbocycles. The first kappa shape index (κ1) is 57.3. The van der Waals surface area contributed by atoms with E-state index >= 15 is 0 Å². The molecule has 0 saturated heterocycles. The van der Waals surface area contributed by atoms with E-state index in [2.05, 4.69) is 387 Å². The van der Waals surface area contributed by atoms with Gasteiger partial charge in [-0.05, 0) is 107 Å². The summed E-state index contributed by atoms with van der Waals surface area (Å²) in [6.07, 6.45) is 0. The number of aromatic nitrogens is 3. The Morgan fingerprint density at radius 2 is 0.606 bits per heavy atom. The van der Waals surface area contributed by atoms with Gasteiger partial charge in [0.25, 0.3) is 0 Å². The Morgan fingerprint density at radius 1 is 0.255 bits per heavy atom. The number of hydrogen-bond acceptors (Lipinski definition) is 4. The first-order valence-electron chi connectivity index (χ1n) is 32.3. The van der Waals surface area contributed by atoms with Crippen LogP contribution in [0.4, 0.5) is 11.4 Å². The van der Waals surface area contributed by atoms with Crippen molar-refractivity contribution < 1.29 is 0 Å². The van der Waals surface area contributed by atoms with Crippen molar-refractivity contribution in [3.05, 3.63) is 404 Å². The molecule has 16 rings (SSSR count). The number of benzene rings is 14. The Balaban J connectivity index is 0.928. The highest BCUT2D eigenvalue weighted by molar-refractivity contribution is 7.20. The maximum Gasteiger partial charge on any atom is 0.328 e. The van der Waals surface area contributed by atoms with Crippen LogP contribution < -0.4 is 36.5 Å². The first-order valence-corrected chi connectivity index (χ1v) is 34.3. The molecule has 0 atom stereocenters. The van der Waals surface area contributed by atoms with Crippen molar-refractivity contribution >= 4 is 58.0 Å². The molecule has 0 N–H and O–H groups in total. The van der Waals surface area contributed by atoms with Crippen LogP contribution in [-0.2, 0) is 5.41 Å². The van der Waals surface area contributed by atoms with Crippen molar-refractivity contribution in [2.24, 2.45) is 0 Å². The lowest BCUT2D eigenvalue weighted by Gasteiger charge is -2.39. The molecule has 442 valence electrons. The molecule has 4 nitrogen and oxygen atoms in total. The minimum Gasteiger partial charge on any atom is -0.376 e. The van der Waals surface area contributed by atoms with Gasteiger partial charge in [0, 0.05) is 33.6 Å². The third kappa shape index (κ3) is 10.4. The van der Waals surface area contributed by atoms with Crippen molar-refractivity contribution in [1.29, 1.82) is 0 Å². The van der Waals surface area contributed by atoms with E-state index in [0.29, 0.717) is 17.5 Å². The van der Waals surface area contributed by atoms with Crippen LogP contribution in [0.1, 0.15) is 22.3 Å². The standard InChI is InChI=1S/C88H63BN4Si/c1-8-31-64(32-9-1)66-35-26-44-73(59-66)88(71-40-12-3-13-41-71,72-42-14-4-15-43-72)74-45-27-37-68(60-74)85-90-86(69-38-28-48-76(61-69)93-84-58-25-23-56-82(84)81-55-22-24-57-83(81)89(93)75-46-16-5-17-47-75)92-87(91-85)70-39-30-54-80(63-70)94(77-49-18-6-19-50-77,78-51-20-7-21-52-78)79-53-29-36-67(62-79)65-33-10-2-11-34-65/h1-63H. The van der Waals surface area contributed by atoms with E-state index in [-0.39, 0.29) is 6.85 Å². The summed E-state index contributed by atoms with van der Waals surface area (Å²) in [6, 6.07) is 139. The molecule has 1 aliphatic rings. The molecule has 1 aliphatic heterocycles. The minimum atomic E-state index is -3.13. The Kier molecular flexibility index (Phi) is 15.3. The lowest BCUT2D eigenvalue weighted by atomic mass is 9.46. The van der Waals surface area contributed by atoms with E-state index in [1.165, 1.54) is 53.9 Å². The fourth-order valence-electron chi connectivity index (χ4n) is 14.6. The van der Waals surface area contributed by atoms with Crippen molar-refractivity contribution in [3.8, 4) is 67.5 Å². The van der Waals surface area contributed by atoms with E-state index in [1.807, 2.05) is 0 Å². The third-order valence-corrected chi connectivity index (χ3v) is 23.6. The van der Waals surface area contributed by atoms with Crippen molar-refractivity contribution in [1.82, 2.24) is 15.0 Å². The van der Waals surface area contributed by atoms with Crippen LogP contribution in [0.3, 0.4) is 0 Å². The van der Waals surface area contributed by atoms with E-state index in [1.54, 1.807) is 0 Å². The molecule has 94 heavy (non-hydrogen) atoms. The number of para-hydroxylation sites is 1. The number of fused-ring (bicyclic) bond motifs is 3. The summed E-state index contributed by atoms with van der Waals surface area (Å²) in [6.45, 7) is -0.118. The molecule has 2 heterocycles. The zero-order chi connectivity index (χ0) is 62.7. The van der Waals surface area contributed by atoms with Gasteiger partial charge in [0.05, 0.1) is 5.41 Å². The summed E-state index contributed by atoms with van der Waals surface area (Å²) in [5.41, 5.74) is 18.0. The fourth-order valence-corrected chi connectivity index (χ4v) is 19.5. The zero-order valence-electron chi connectivity index (χ0n) is 51.7. The van der Waals surface area contributed by atoms with E-state index in [4.69, 9.17) is 15.0 Å². The summed E-state index contributed by atoms with van der Waals surface area (Å²) in [7, 11) is -3.13. The van der Waals surface area contributed by atoms with Gasteiger partial charge in [-0.2, -0.15) is 0 Å². The van der Waals surface area contributed by atoms with E-state index in [9.17, 15) is 0 Å². The van der Waals surface area contributed by atoms with Gasteiger partial charge in [0.1, 0.15) is 0 Å². The van der Waals surface area contributed by atoms with Crippen LogP contribution in [0, 0.1) is 0 Å². The average molecular weight is 1220 g/mol. The highest BCUT2D eigenvalue weighted by Gasteiger charge is 2.43. The molecule has 0 bridgehead atoms. The van der Waals surface area contributed by atoms with Gasteiger partial charge in [-0.25, -0.2) is 15.0 Å². The molecular weight excluding hydrogens is 1150 g/mol. The topological polar surface area (TPSA) is 41.9 Å². The molecule has 0 saturated carbocycles. The molecule has 0 amide bonds. The van der Waals surface area contributed by atoms with Crippen LogP contribution in [0.5, 0.6) is 0 Å². The molecule has 0 radical (unpaired) electrons. The highest BCUT2D eigenvalue weighted by Crippen LogP contribution is 2.47. The number of nitrogens with zero attached hydrogens (tertiary/aromatic N) is 4. The second-order valence-electron chi connectivity index (χ2n) is 24.2. The zero-order valence-corrected chi connectivity index (χ0v) is 52.7. The highest BCUT2D eigenvalue weighted by atomic mass is 28.3. The van der Waals surface area contributed by atoms with Crippen LogP contribution in [0.25, 0.3) is 67.5 Å². The van der Waals surface area contributed by atoms with Crippen LogP contribution >= 0.6 is 0 Å². The van der Waals surface area contributed by atoms with Gasteiger partial charge in [-0.15, -0.1) is 0 Å². The minimum absolute atomic E-state index is 0.118. The quantitative estimate of drug-likeness (QED) is 0.0758. The summed E-state index contributed by atoms with van der Waals surface area (Å²) >= 11 is 0. The van der Waals surface area contributed by atoms with Gasteiger partial charge >= 0.3 is 6.85 Å². The largest absolute Gasteiger partial charge is 0.376 e. The molecule has 0 aliphatic carbocycles. The molecule has 6 heteroatoms. The molecule has 15 aromatic rings. The molecule has 1 aromatic heterocycles. The molecule has 0 unspecified atom stereocenters. The van der Waals surface area contributed by atoms with Crippen LogP contribution in [-0.4, -0.2) is 29.9 Å². The number of anilines is 2. The van der Waals surface area contributed by atoms with E-state index < -0.39 is 13.5 Å². The van der Waals surface area contributed by atoms with Crippen LogP contribution in [0.2, 0.25) is 0 Å². The van der Waals surface area contributed by atoms with Crippen molar-refractivity contribution in [2.75, 3.05) is 4.81 Å². The molecule has 0 fully saturated rings. The lowest BCUT2D eigenvalue weighted by Crippen LogP contribution is -2.74. The SMILES string of the molecule is c1ccc(B2c3ccccc3-c3ccccc3N2c2cccc(-c3nc(-c4cccc(C(c5ccccc5)(c5ccccc5)c5cccc(-c6ccccc6)c5)c4)nc(-c4cccc([Si](c5ccccc5)(c5ccccc5)c5cccc(-c6ccccc6)c5)c4)n3)c2)cc1. The second kappa shape index (κ2) is 25.1. The van der Waals surface area contributed by atoms with Gasteiger partial charge in [0.15, 0.2) is 25.5 Å². The Bertz CT molecular complexity index is 4840. The molecule has 0 spiro atoms. The second-order valence-corrected chi connectivity index (χ2v) is 28.0. The third-order valence-electron chi connectivity index (χ3n) is 18.8. The Hall–Kier alpha value is -11.8. The monoisotopic (exact) mass is 1210 g/mol. The summed E-state index contributed by atoms with van der Waals surface area (Å²) < 4.78 is 0. The molecular formula is C88H63BN4Si. The smallest absolute Gasteiger partial charge is 0.328 e. The van der Waals surface area contributed by atoms with Crippen LogP contribution in [0.15, 0.2) is 382 Å². The Labute approximate surface area is 551 Å². The predicted molar refractivity (Wildman–Crippen MR) is 394 cm³/mol. The summed E-state index contributed by atoms with van der Waals surface area (Å²) in [5.74, 6) is 1.71. The number of hydrogen-bond donors (Lipinski definition) is 0. The van der Waals surface area contributed by atoms with E-state index in [0.717, 1.165) is 61.4 Å².